The molecule has 2 aromatic carbocycles. The lowest BCUT2D eigenvalue weighted by Crippen LogP contribution is -2.60. The van der Waals surface area contributed by atoms with Crippen LogP contribution < -0.4 is 5.32 Å². The zero-order chi connectivity index (χ0) is 20.3. The fourth-order valence-corrected chi connectivity index (χ4v) is 3.77. The first-order valence-corrected chi connectivity index (χ1v) is 9.30. The largest absolute Gasteiger partial charge is 0.394 e. The van der Waals surface area contributed by atoms with Gasteiger partial charge in [0, 0.05) is 27.6 Å². The van der Waals surface area contributed by atoms with Gasteiger partial charge < -0.3 is 30.5 Å². The number of nitro groups is 1. The molecular formula is C18H20N2O7S. The van der Waals surface area contributed by atoms with E-state index in [1.165, 1.54) is 23.9 Å². The first-order valence-electron chi connectivity index (χ1n) is 8.48. The molecule has 5 N–H and O–H groups in total. The Hall–Kier alpha value is -2.21. The lowest BCUT2D eigenvalue weighted by atomic mass is 9.98. The lowest BCUT2D eigenvalue weighted by molar-refractivity contribution is -0.385. The lowest BCUT2D eigenvalue weighted by Gasteiger charge is -2.40. The molecule has 1 aliphatic rings. The van der Waals surface area contributed by atoms with E-state index in [2.05, 4.69) is 5.32 Å². The summed E-state index contributed by atoms with van der Waals surface area (Å²) in [5.74, 6) is 0. The minimum absolute atomic E-state index is 0.159. The number of nitro benzene ring substituents is 1. The van der Waals surface area contributed by atoms with Crippen molar-refractivity contribution < 1.29 is 30.1 Å². The van der Waals surface area contributed by atoms with E-state index in [0.717, 1.165) is 4.90 Å². The number of aliphatic hydroxyl groups excluding tert-OH is 4. The van der Waals surface area contributed by atoms with E-state index in [4.69, 9.17) is 4.74 Å². The molecule has 0 saturated carbocycles. The Morgan fingerprint density at radius 2 is 1.75 bits per heavy atom. The van der Waals surface area contributed by atoms with Crippen molar-refractivity contribution in [3.63, 3.8) is 0 Å². The van der Waals surface area contributed by atoms with Crippen LogP contribution in [0, 0.1) is 10.1 Å². The van der Waals surface area contributed by atoms with Crippen molar-refractivity contribution in [1.82, 2.24) is 0 Å². The Balaban J connectivity index is 1.85. The van der Waals surface area contributed by atoms with E-state index >= 15 is 0 Å². The normalized spacial score (nSPS) is 27.4. The van der Waals surface area contributed by atoms with Crippen molar-refractivity contribution >= 4 is 23.1 Å². The highest BCUT2D eigenvalue weighted by Crippen LogP contribution is 2.34. The van der Waals surface area contributed by atoms with Crippen LogP contribution in [0.1, 0.15) is 0 Å². The molecule has 0 radical (unpaired) electrons. The number of benzene rings is 2. The van der Waals surface area contributed by atoms with Gasteiger partial charge in [-0.05, 0) is 18.2 Å². The van der Waals surface area contributed by atoms with Crippen molar-refractivity contribution in [2.45, 2.75) is 40.4 Å². The Bertz CT molecular complexity index is 821. The predicted octanol–water partition coefficient (Wildman–Crippen LogP) is 0.958. The van der Waals surface area contributed by atoms with Crippen molar-refractivity contribution in [3.05, 3.63) is 58.6 Å². The molecule has 1 fully saturated rings. The Morgan fingerprint density at radius 1 is 1.04 bits per heavy atom. The maximum absolute atomic E-state index is 11.3. The highest BCUT2D eigenvalue weighted by Gasteiger charge is 2.43. The van der Waals surface area contributed by atoms with Gasteiger partial charge in [0.15, 0.2) is 6.23 Å². The molecule has 28 heavy (non-hydrogen) atoms. The molecule has 0 bridgehead atoms. The van der Waals surface area contributed by atoms with Crippen LogP contribution >= 0.6 is 11.8 Å². The summed E-state index contributed by atoms with van der Waals surface area (Å²) in [5, 5.41) is 53.3. The molecule has 5 atom stereocenters. The van der Waals surface area contributed by atoms with Gasteiger partial charge in [0.25, 0.3) is 5.69 Å². The molecule has 0 unspecified atom stereocenters. The third-order valence-electron chi connectivity index (χ3n) is 4.28. The molecule has 1 heterocycles. The molecule has 0 aliphatic carbocycles. The van der Waals surface area contributed by atoms with Gasteiger partial charge >= 0.3 is 0 Å². The zero-order valence-corrected chi connectivity index (χ0v) is 15.4. The number of non-ortho nitro benzene ring substituents is 1. The summed E-state index contributed by atoms with van der Waals surface area (Å²) in [4.78, 5) is 12.2. The van der Waals surface area contributed by atoms with Crippen LogP contribution in [0.2, 0.25) is 0 Å². The predicted molar refractivity (Wildman–Crippen MR) is 101 cm³/mol. The maximum Gasteiger partial charge on any atom is 0.272 e. The summed E-state index contributed by atoms with van der Waals surface area (Å²) < 4.78 is 5.40. The second-order valence-electron chi connectivity index (χ2n) is 6.28. The van der Waals surface area contributed by atoms with Gasteiger partial charge in [-0.25, -0.2) is 0 Å². The number of ether oxygens (including phenoxy) is 1. The summed E-state index contributed by atoms with van der Waals surface area (Å²) in [6.07, 6.45) is -6.77. The second kappa shape index (κ2) is 8.86. The first-order chi connectivity index (χ1) is 13.4. The number of aliphatic hydroxyl groups is 4. The van der Waals surface area contributed by atoms with Crippen molar-refractivity contribution in [2.24, 2.45) is 0 Å². The minimum Gasteiger partial charge on any atom is -0.394 e. The van der Waals surface area contributed by atoms with Crippen LogP contribution in [0.4, 0.5) is 11.4 Å². The standard InChI is InChI=1S/C18H20N2O7S/c21-9-14-15(22)16(23)17(24)18(27-14)19-10-6-11(20(25)26)8-13(7-10)28-12-4-2-1-3-5-12/h1-8,14-19,21-24H,9H2/t14-,15+,16+,17-,18-/m0/s1. The number of hydrogen-bond donors (Lipinski definition) is 5. The molecule has 0 aromatic heterocycles. The van der Waals surface area contributed by atoms with E-state index < -0.39 is 42.2 Å². The van der Waals surface area contributed by atoms with E-state index in [9.17, 15) is 30.5 Å². The molecule has 10 heteroatoms. The van der Waals surface area contributed by atoms with Gasteiger partial charge in [-0.2, -0.15) is 0 Å². The molecule has 0 spiro atoms. The first kappa shape index (κ1) is 20.5. The van der Waals surface area contributed by atoms with Gasteiger partial charge in [-0.15, -0.1) is 0 Å². The van der Waals surface area contributed by atoms with Crippen LogP contribution in [-0.4, -0.2) is 62.6 Å². The average molecular weight is 408 g/mol. The molecule has 3 rings (SSSR count). The summed E-state index contributed by atoms with van der Waals surface area (Å²) >= 11 is 1.33. The molecule has 150 valence electrons. The van der Waals surface area contributed by atoms with E-state index in [1.807, 2.05) is 30.3 Å². The van der Waals surface area contributed by atoms with Crippen LogP contribution in [0.5, 0.6) is 0 Å². The fourth-order valence-electron chi connectivity index (χ4n) is 2.84. The van der Waals surface area contributed by atoms with Crippen LogP contribution in [-0.2, 0) is 4.74 Å². The third-order valence-corrected chi connectivity index (χ3v) is 5.26. The van der Waals surface area contributed by atoms with Crippen molar-refractivity contribution in [2.75, 3.05) is 11.9 Å². The molecule has 1 saturated heterocycles. The number of hydrogen-bond acceptors (Lipinski definition) is 9. The van der Waals surface area contributed by atoms with E-state index in [0.29, 0.717) is 4.90 Å². The monoisotopic (exact) mass is 408 g/mol. The highest BCUT2D eigenvalue weighted by molar-refractivity contribution is 7.99. The number of anilines is 1. The summed E-state index contributed by atoms with van der Waals surface area (Å²) in [5.41, 5.74) is 0.130. The van der Waals surface area contributed by atoms with E-state index in [-0.39, 0.29) is 11.4 Å². The molecule has 9 nitrogen and oxygen atoms in total. The summed E-state index contributed by atoms with van der Waals surface area (Å²) in [6, 6.07) is 13.7. The fraction of sp³-hybridized carbons (Fsp3) is 0.333. The zero-order valence-electron chi connectivity index (χ0n) is 14.6. The Kier molecular flexibility index (Phi) is 6.50. The average Bonchev–Trinajstić information content (AvgIpc) is 2.69. The minimum atomic E-state index is -1.54. The van der Waals surface area contributed by atoms with E-state index in [1.54, 1.807) is 6.07 Å². The van der Waals surface area contributed by atoms with Crippen LogP contribution in [0.25, 0.3) is 0 Å². The smallest absolute Gasteiger partial charge is 0.272 e. The SMILES string of the molecule is O=[N+]([O-])c1cc(N[C@H]2O[C@@H](CO)[C@@H](O)[C@@H](O)[C@@H]2O)cc(Sc2ccccc2)c1. The molecule has 0 amide bonds. The van der Waals surface area contributed by atoms with Crippen molar-refractivity contribution in [3.8, 4) is 0 Å². The van der Waals surface area contributed by atoms with Gasteiger partial charge in [0.05, 0.1) is 11.5 Å². The molecule has 2 aromatic rings. The van der Waals surface area contributed by atoms with Crippen LogP contribution in [0.15, 0.2) is 58.3 Å². The van der Waals surface area contributed by atoms with Gasteiger partial charge in [0.2, 0.25) is 0 Å². The van der Waals surface area contributed by atoms with Gasteiger partial charge in [0.1, 0.15) is 24.4 Å². The number of rotatable bonds is 6. The van der Waals surface area contributed by atoms with Crippen molar-refractivity contribution in [1.29, 1.82) is 0 Å². The number of nitrogens with one attached hydrogen (secondary N) is 1. The topological polar surface area (TPSA) is 145 Å². The summed E-state index contributed by atoms with van der Waals surface area (Å²) in [6.45, 7) is -0.562. The maximum atomic E-state index is 11.3. The van der Waals surface area contributed by atoms with Gasteiger partial charge in [-0.3, -0.25) is 10.1 Å². The highest BCUT2D eigenvalue weighted by atomic mass is 32.2. The van der Waals surface area contributed by atoms with Gasteiger partial charge in [-0.1, -0.05) is 30.0 Å². The second-order valence-corrected chi connectivity index (χ2v) is 7.43. The summed E-state index contributed by atoms with van der Waals surface area (Å²) in [7, 11) is 0. The molecular weight excluding hydrogens is 388 g/mol. The molecule has 1 aliphatic heterocycles. The third kappa shape index (κ3) is 4.61. The van der Waals surface area contributed by atoms with Crippen LogP contribution in [0.3, 0.4) is 0 Å². The Labute approximate surface area is 164 Å². The Morgan fingerprint density at radius 3 is 2.39 bits per heavy atom. The number of nitrogens with zero attached hydrogens (tertiary/aromatic N) is 1. The quantitative estimate of drug-likeness (QED) is 0.348.